The highest BCUT2D eigenvalue weighted by molar-refractivity contribution is 7.10. The molecular weight excluding hydrogens is 334 g/mol. The van der Waals surface area contributed by atoms with E-state index in [1.54, 1.807) is 18.4 Å². The van der Waals surface area contributed by atoms with Gasteiger partial charge in [0.05, 0.1) is 25.4 Å². The van der Waals surface area contributed by atoms with Crippen LogP contribution in [0.4, 0.5) is 5.69 Å². The summed E-state index contributed by atoms with van der Waals surface area (Å²) in [5.74, 6) is 0.991. The van der Waals surface area contributed by atoms with E-state index in [1.807, 2.05) is 36.6 Å². The lowest BCUT2D eigenvalue weighted by molar-refractivity contribution is -0.122. The first-order chi connectivity index (χ1) is 12.2. The maximum Gasteiger partial charge on any atom is 0.234 e. The SMILES string of the molecule is COc1ccccc1N1CCN(CC(=O)N[C@H](C)c2cccs2)CC1. The monoisotopic (exact) mass is 359 g/mol. The summed E-state index contributed by atoms with van der Waals surface area (Å²) in [6.07, 6.45) is 0. The van der Waals surface area contributed by atoms with Gasteiger partial charge < -0.3 is 15.0 Å². The number of benzene rings is 1. The number of ether oxygens (including phenoxy) is 1. The Labute approximate surface area is 153 Å². The fraction of sp³-hybridized carbons (Fsp3) is 0.421. The van der Waals surface area contributed by atoms with Gasteiger partial charge in [0.2, 0.25) is 5.91 Å². The molecule has 0 aliphatic carbocycles. The number of amides is 1. The second kappa shape index (κ2) is 8.36. The second-order valence-electron chi connectivity index (χ2n) is 6.24. The minimum Gasteiger partial charge on any atom is -0.495 e. The summed E-state index contributed by atoms with van der Waals surface area (Å²) < 4.78 is 5.45. The van der Waals surface area contributed by atoms with E-state index in [4.69, 9.17) is 4.74 Å². The Hall–Kier alpha value is -2.05. The third-order valence-electron chi connectivity index (χ3n) is 4.51. The summed E-state index contributed by atoms with van der Waals surface area (Å²) in [7, 11) is 1.70. The maximum absolute atomic E-state index is 12.3. The number of rotatable bonds is 6. The molecule has 6 heteroatoms. The van der Waals surface area contributed by atoms with Crippen LogP contribution in [0.25, 0.3) is 0 Å². The highest BCUT2D eigenvalue weighted by Gasteiger charge is 2.21. The van der Waals surface area contributed by atoms with Gasteiger partial charge in [-0.15, -0.1) is 11.3 Å². The van der Waals surface area contributed by atoms with Gasteiger partial charge in [-0.25, -0.2) is 0 Å². The summed E-state index contributed by atoms with van der Waals surface area (Å²) in [5, 5.41) is 5.12. The number of nitrogens with one attached hydrogen (secondary N) is 1. The van der Waals surface area contributed by atoms with Crippen LogP contribution >= 0.6 is 11.3 Å². The van der Waals surface area contributed by atoms with Gasteiger partial charge in [0.15, 0.2) is 0 Å². The van der Waals surface area contributed by atoms with Gasteiger partial charge in [0, 0.05) is 31.1 Å². The number of nitrogens with zero attached hydrogens (tertiary/aromatic N) is 2. The molecule has 1 aromatic carbocycles. The van der Waals surface area contributed by atoms with Crippen LogP contribution in [0.3, 0.4) is 0 Å². The summed E-state index contributed by atoms with van der Waals surface area (Å²) in [4.78, 5) is 18.0. The molecular formula is C19H25N3O2S. The largest absolute Gasteiger partial charge is 0.495 e. The molecule has 3 rings (SSSR count). The summed E-state index contributed by atoms with van der Waals surface area (Å²) in [6.45, 7) is 6.03. The van der Waals surface area contributed by atoms with Crippen LogP contribution in [0.5, 0.6) is 5.75 Å². The highest BCUT2D eigenvalue weighted by atomic mass is 32.1. The Balaban J connectivity index is 1.48. The molecule has 1 fully saturated rings. The number of para-hydroxylation sites is 2. The lowest BCUT2D eigenvalue weighted by atomic mass is 10.2. The number of methoxy groups -OCH3 is 1. The number of piperazine rings is 1. The highest BCUT2D eigenvalue weighted by Crippen LogP contribution is 2.28. The van der Waals surface area contributed by atoms with Crippen molar-refractivity contribution in [2.45, 2.75) is 13.0 Å². The van der Waals surface area contributed by atoms with E-state index >= 15 is 0 Å². The number of hydrogen-bond acceptors (Lipinski definition) is 5. The third-order valence-corrected chi connectivity index (χ3v) is 5.57. The van der Waals surface area contributed by atoms with Crippen molar-refractivity contribution in [1.29, 1.82) is 0 Å². The standard InChI is InChI=1S/C19H25N3O2S/c1-15(18-8-5-13-25-18)20-19(23)14-21-9-11-22(12-10-21)16-6-3-4-7-17(16)24-2/h3-8,13,15H,9-12,14H2,1-2H3,(H,20,23)/t15-/m1/s1. The van der Waals surface area contributed by atoms with Crippen molar-refractivity contribution in [1.82, 2.24) is 10.2 Å². The topological polar surface area (TPSA) is 44.8 Å². The van der Waals surface area contributed by atoms with E-state index in [0.29, 0.717) is 6.54 Å². The number of thiophene rings is 1. The van der Waals surface area contributed by atoms with Crippen LogP contribution in [0.2, 0.25) is 0 Å². The minimum absolute atomic E-state index is 0.0716. The summed E-state index contributed by atoms with van der Waals surface area (Å²) in [6, 6.07) is 12.2. The van der Waals surface area contributed by atoms with Gasteiger partial charge in [0.25, 0.3) is 0 Å². The van der Waals surface area contributed by atoms with Crippen molar-refractivity contribution in [3.05, 3.63) is 46.7 Å². The Bertz CT molecular complexity index is 682. The first-order valence-corrected chi connectivity index (χ1v) is 9.48. The first kappa shape index (κ1) is 17.8. The zero-order valence-electron chi connectivity index (χ0n) is 14.8. The smallest absolute Gasteiger partial charge is 0.234 e. The van der Waals surface area contributed by atoms with E-state index in [-0.39, 0.29) is 11.9 Å². The predicted octanol–water partition coefficient (Wildman–Crippen LogP) is 2.76. The van der Waals surface area contributed by atoms with Gasteiger partial charge in [0.1, 0.15) is 5.75 Å². The summed E-state index contributed by atoms with van der Waals surface area (Å²) in [5.41, 5.74) is 1.13. The molecule has 5 nitrogen and oxygen atoms in total. The van der Waals surface area contributed by atoms with Crippen LogP contribution < -0.4 is 15.0 Å². The molecule has 0 radical (unpaired) electrons. The number of carbonyl (C=O) groups is 1. The molecule has 1 atom stereocenters. The van der Waals surface area contributed by atoms with Gasteiger partial charge >= 0.3 is 0 Å². The van der Waals surface area contributed by atoms with Crippen molar-refractivity contribution >= 4 is 22.9 Å². The minimum atomic E-state index is 0.0716. The van der Waals surface area contributed by atoms with Gasteiger partial charge in [-0.3, -0.25) is 9.69 Å². The van der Waals surface area contributed by atoms with Gasteiger partial charge in [-0.05, 0) is 30.5 Å². The lowest BCUT2D eigenvalue weighted by Crippen LogP contribution is -2.49. The molecule has 1 amide bonds. The average molecular weight is 359 g/mol. The van der Waals surface area contributed by atoms with Crippen LogP contribution in [0.1, 0.15) is 17.8 Å². The Morgan fingerprint density at radius 3 is 2.64 bits per heavy atom. The fourth-order valence-corrected chi connectivity index (χ4v) is 3.87. The molecule has 1 aromatic heterocycles. The molecule has 0 spiro atoms. The van der Waals surface area contributed by atoms with Crippen LogP contribution in [-0.2, 0) is 4.79 Å². The molecule has 1 saturated heterocycles. The first-order valence-electron chi connectivity index (χ1n) is 8.60. The quantitative estimate of drug-likeness (QED) is 0.861. The van der Waals surface area contributed by atoms with Gasteiger partial charge in [-0.2, -0.15) is 0 Å². The Morgan fingerprint density at radius 1 is 1.20 bits per heavy atom. The molecule has 25 heavy (non-hydrogen) atoms. The van der Waals surface area contributed by atoms with Crippen LogP contribution in [0.15, 0.2) is 41.8 Å². The van der Waals surface area contributed by atoms with E-state index in [9.17, 15) is 4.79 Å². The van der Waals surface area contributed by atoms with Crippen LogP contribution in [-0.4, -0.2) is 50.6 Å². The molecule has 2 heterocycles. The molecule has 1 N–H and O–H groups in total. The van der Waals surface area contributed by atoms with E-state index < -0.39 is 0 Å². The number of carbonyl (C=O) groups excluding carboxylic acids is 1. The lowest BCUT2D eigenvalue weighted by Gasteiger charge is -2.36. The zero-order valence-corrected chi connectivity index (χ0v) is 15.6. The fourth-order valence-electron chi connectivity index (χ4n) is 3.14. The Kier molecular flexibility index (Phi) is 5.94. The zero-order chi connectivity index (χ0) is 17.6. The van der Waals surface area contributed by atoms with Crippen molar-refractivity contribution in [3.63, 3.8) is 0 Å². The van der Waals surface area contributed by atoms with E-state index in [2.05, 4.69) is 27.2 Å². The molecule has 0 unspecified atom stereocenters. The Morgan fingerprint density at radius 2 is 1.96 bits per heavy atom. The molecule has 1 aliphatic rings. The average Bonchev–Trinajstić information content (AvgIpc) is 3.17. The summed E-state index contributed by atoms with van der Waals surface area (Å²) >= 11 is 1.67. The van der Waals surface area contributed by atoms with E-state index in [1.165, 1.54) is 4.88 Å². The second-order valence-corrected chi connectivity index (χ2v) is 7.22. The number of hydrogen-bond donors (Lipinski definition) is 1. The molecule has 0 bridgehead atoms. The van der Waals surface area contributed by atoms with Crippen molar-refractivity contribution in [2.24, 2.45) is 0 Å². The molecule has 134 valence electrons. The molecule has 1 aliphatic heterocycles. The van der Waals surface area contributed by atoms with Crippen LogP contribution in [0, 0.1) is 0 Å². The normalized spacial score (nSPS) is 16.5. The van der Waals surface area contributed by atoms with Crippen molar-refractivity contribution in [2.75, 3.05) is 44.7 Å². The van der Waals surface area contributed by atoms with Gasteiger partial charge in [-0.1, -0.05) is 18.2 Å². The molecule has 0 saturated carbocycles. The number of anilines is 1. The van der Waals surface area contributed by atoms with Crippen molar-refractivity contribution < 1.29 is 9.53 Å². The molecule has 2 aromatic rings. The maximum atomic E-state index is 12.3. The predicted molar refractivity (Wildman–Crippen MR) is 103 cm³/mol. The van der Waals surface area contributed by atoms with Crippen molar-refractivity contribution in [3.8, 4) is 5.75 Å². The van der Waals surface area contributed by atoms with E-state index in [0.717, 1.165) is 37.6 Å². The third kappa shape index (κ3) is 4.52.